The number of nitrogens with one attached hydrogen (secondary N) is 2. The van der Waals surface area contributed by atoms with Crippen LogP contribution in [0, 0.1) is 5.82 Å². The summed E-state index contributed by atoms with van der Waals surface area (Å²) in [6.07, 6.45) is 3.44. The summed E-state index contributed by atoms with van der Waals surface area (Å²) >= 11 is 1.53. The maximum absolute atomic E-state index is 14.5. The first-order valence-electron chi connectivity index (χ1n) is 10.9. The zero-order chi connectivity index (χ0) is 23.3. The fraction of sp³-hybridized carbons (Fsp3) is 0.115. The van der Waals surface area contributed by atoms with Crippen LogP contribution in [-0.4, -0.2) is 27.5 Å². The Labute approximate surface area is 200 Å². The van der Waals surface area contributed by atoms with E-state index in [9.17, 15) is 4.39 Å². The van der Waals surface area contributed by atoms with E-state index in [1.165, 1.54) is 29.3 Å². The minimum atomic E-state index is -0.471. The first kappa shape index (κ1) is 21.9. The number of aromatic nitrogens is 3. The van der Waals surface area contributed by atoms with Crippen LogP contribution in [0.5, 0.6) is 0 Å². The number of benzene rings is 2. The van der Waals surface area contributed by atoms with Crippen molar-refractivity contribution in [3.8, 4) is 11.4 Å². The molecule has 3 aromatic heterocycles. The van der Waals surface area contributed by atoms with Gasteiger partial charge in [-0.2, -0.15) is 0 Å². The fourth-order valence-electron chi connectivity index (χ4n) is 3.70. The van der Waals surface area contributed by atoms with Crippen molar-refractivity contribution in [1.29, 1.82) is 0 Å². The van der Waals surface area contributed by atoms with Gasteiger partial charge in [0.25, 0.3) is 0 Å². The molecular formula is C26H23FN6S. The van der Waals surface area contributed by atoms with Gasteiger partial charge in [-0.05, 0) is 30.2 Å². The summed E-state index contributed by atoms with van der Waals surface area (Å²) in [5.41, 5.74) is 10.4. The van der Waals surface area contributed by atoms with E-state index >= 15 is 0 Å². The molecule has 5 aromatic rings. The Morgan fingerprint density at radius 2 is 1.74 bits per heavy atom. The molecule has 1 atom stereocenters. The Morgan fingerprint density at radius 3 is 2.50 bits per heavy atom. The zero-order valence-electron chi connectivity index (χ0n) is 18.3. The van der Waals surface area contributed by atoms with E-state index in [0.717, 1.165) is 22.5 Å². The summed E-state index contributed by atoms with van der Waals surface area (Å²) in [5, 5.41) is 8.78. The molecule has 0 spiro atoms. The van der Waals surface area contributed by atoms with Crippen molar-refractivity contribution in [3.05, 3.63) is 95.9 Å². The van der Waals surface area contributed by atoms with Gasteiger partial charge < -0.3 is 16.4 Å². The van der Waals surface area contributed by atoms with Crippen molar-refractivity contribution < 1.29 is 4.39 Å². The van der Waals surface area contributed by atoms with Crippen molar-refractivity contribution in [2.75, 3.05) is 17.2 Å². The standard InChI is InChI=1S/C26H23FN6S/c27-21-15-29-12-11-20(21)25-32-23-22(31-19-9-5-2-6-10-19)16-34-24(23)26(33-25)30-14-18(28)13-17-7-3-1-4-8-17/h1-12,15-16,18,31H,13-14,28H2,(H,30,32,33)/t18-/m0/s1. The number of fused-ring (bicyclic) bond motifs is 1. The number of hydrogen-bond acceptors (Lipinski definition) is 7. The molecule has 0 bridgehead atoms. The molecule has 6 nitrogen and oxygen atoms in total. The van der Waals surface area contributed by atoms with E-state index < -0.39 is 5.82 Å². The predicted octanol–water partition coefficient (Wildman–Crippen LogP) is 5.62. The van der Waals surface area contributed by atoms with Crippen LogP contribution in [0.4, 0.5) is 21.6 Å². The third kappa shape index (κ3) is 4.88. The van der Waals surface area contributed by atoms with E-state index in [0.29, 0.717) is 29.3 Å². The lowest BCUT2D eigenvalue weighted by atomic mass is 10.1. The number of nitrogens with two attached hydrogens (primary N) is 1. The van der Waals surface area contributed by atoms with Gasteiger partial charge in [-0.1, -0.05) is 48.5 Å². The van der Waals surface area contributed by atoms with Crippen molar-refractivity contribution in [3.63, 3.8) is 0 Å². The number of nitrogens with zero attached hydrogens (tertiary/aromatic N) is 3. The largest absolute Gasteiger partial charge is 0.367 e. The lowest BCUT2D eigenvalue weighted by Crippen LogP contribution is -2.31. The van der Waals surface area contributed by atoms with Crippen molar-refractivity contribution >= 4 is 38.7 Å². The highest BCUT2D eigenvalue weighted by atomic mass is 32.1. The molecule has 0 fully saturated rings. The molecule has 0 saturated heterocycles. The second-order valence-electron chi connectivity index (χ2n) is 7.90. The minimum absolute atomic E-state index is 0.115. The topological polar surface area (TPSA) is 88.8 Å². The summed E-state index contributed by atoms with van der Waals surface area (Å²) in [6.45, 7) is 0.513. The molecule has 0 unspecified atom stereocenters. The molecule has 5 rings (SSSR count). The van der Waals surface area contributed by atoms with Crippen LogP contribution in [0.2, 0.25) is 0 Å². The van der Waals surface area contributed by atoms with Gasteiger partial charge in [0, 0.05) is 29.9 Å². The Bertz CT molecular complexity index is 1390. The van der Waals surface area contributed by atoms with Gasteiger partial charge in [0.05, 0.1) is 22.1 Å². The van der Waals surface area contributed by atoms with Crippen LogP contribution in [0.1, 0.15) is 5.56 Å². The molecule has 170 valence electrons. The van der Waals surface area contributed by atoms with E-state index in [1.807, 2.05) is 53.9 Å². The number of rotatable bonds is 8. The van der Waals surface area contributed by atoms with Crippen LogP contribution in [-0.2, 0) is 6.42 Å². The predicted molar refractivity (Wildman–Crippen MR) is 137 cm³/mol. The smallest absolute Gasteiger partial charge is 0.165 e. The highest BCUT2D eigenvalue weighted by Crippen LogP contribution is 2.36. The first-order chi connectivity index (χ1) is 16.7. The van der Waals surface area contributed by atoms with Crippen molar-refractivity contribution in [2.45, 2.75) is 12.5 Å². The summed E-state index contributed by atoms with van der Waals surface area (Å²) in [5.74, 6) is 0.452. The monoisotopic (exact) mass is 470 g/mol. The molecule has 2 aromatic carbocycles. The van der Waals surface area contributed by atoms with E-state index in [2.05, 4.69) is 32.7 Å². The Balaban J connectivity index is 1.48. The maximum atomic E-state index is 14.5. The Morgan fingerprint density at radius 1 is 0.971 bits per heavy atom. The van der Waals surface area contributed by atoms with Crippen LogP contribution in [0.25, 0.3) is 21.6 Å². The van der Waals surface area contributed by atoms with Crippen LogP contribution >= 0.6 is 11.3 Å². The highest BCUT2D eigenvalue weighted by Gasteiger charge is 2.17. The minimum Gasteiger partial charge on any atom is -0.367 e. The van der Waals surface area contributed by atoms with Gasteiger partial charge in [-0.3, -0.25) is 4.98 Å². The van der Waals surface area contributed by atoms with E-state index in [4.69, 9.17) is 10.7 Å². The molecule has 0 aliphatic heterocycles. The average Bonchev–Trinajstić information content (AvgIpc) is 3.27. The van der Waals surface area contributed by atoms with Gasteiger partial charge in [0.15, 0.2) is 11.6 Å². The third-order valence-electron chi connectivity index (χ3n) is 5.35. The SMILES string of the molecule is N[C@H](CNc1nc(-c2ccncc2F)nc2c(Nc3ccccc3)csc12)Cc1ccccc1. The maximum Gasteiger partial charge on any atom is 0.165 e. The van der Waals surface area contributed by atoms with Crippen molar-refractivity contribution in [2.24, 2.45) is 5.73 Å². The molecule has 0 amide bonds. The summed E-state index contributed by atoms with van der Waals surface area (Å²) in [6, 6.07) is 21.4. The molecule has 0 radical (unpaired) electrons. The summed E-state index contributed by atoms with van der Waals surface area (Å²) in [4.78, 5) is 13.2. The van der Waals surface area contributed by atoms with Crippen LogP contribution in [0.15, 0.2) is 84.5 Å². The Kier molecular flexibility index (Phi) is 6.42. The van der Waals surface area contributed by atoms with Gasteiger partial charge in [-0.25, -0.2) is 14.4 Å². The average molecular weight is 471 g/mol. The summed E-state index contributed by atoms with van der Waals surface area (Å²) in [7, 11) is 0. The number of para-hydroxylation sites is 1. The summed E-state index contributed by atoms with van der Waals surface area (Å²) < 4.78 is 15.4. The van der Waals surface area contributed by atoms with Gasteiger partial charge >= 0.3 is 0 Å². The van der Waals surface area contributed by atoms with E-state index in [-0.39, 0.29) is 6.04 Å². The molecule has 34 heavy (non-hydrogen) atoms. The van der Waals surface area contributed by atoms with Crippen LogP contribution in [0.3, 0.4) is 0 Å². The molecule has 0 aliphatic carbocycles. The number of pyridine rings is 1. The second-order valence-corrected chi connectivity index (χ2v) is 8.78. The molecule has 8 heteroatoms. The van der Waals surface area contributed by atoms with Gasteiger partial charge in [0.1, 0.15) is 11.3 Å². The van der Waals surface area contributed by atoms with Gasteiger partial charge in [0.2, 0.25) is 0 Å². The fourth-order valence-corrected chi connectivity index (χ4v) is 4.60. The molecule has 0 saturated carbocycles. The van der Waals surface area contributed by atoms with Crippen LogP contribution < -0.4 is 16.4 Å². The molecule has 4 N–H and O–H groups in total. The molecule has 3 heterocycles. The van der Waals surface area contributed by atoms with Crippen molar-refractivity contribution in [1.82, 2.24) is 15.0 Å². The number of anilines is 3. The normalized spacial score (nSPS) is 11.9. The first-order valence-corrected chi connectivity index (χ1v) is 11.8. The van der Waals surface area contributed by atoms with Gasteiger partial charge in [-0.15, -0.1) is 11.3 Å². The van der Waals surface area contributed by atoms with E-state index in [1.54, 1.807) is 6.07 Å². The number of hydrogen-bond donors (Lipinski definition) is 3. The zero-order valence-corrected chi connectivity index (χ0v) is 19.1. The number of halogens is 1. The quantitative estimate of drug-likeness (QED) is 0.273. The third-order valence-corrected chi connectivity index (χ3v) is 6.33. The Hall–Kier alpha value is -3.88. The number of thiophene rings is 1. The molecule has 0 aliphatic rings. The second kappa shape index (κ2) is 9.94. The highest BCUT2D eigenvalue weighted by molar-refractivity contribution is 7.18. The molecular weight excluding hydrogens is 447 g/mol. The lowest BCUT2D eigenvalue weighted by Gasteiger charge is -2.15. The lowest BCUT2D eigenvalue weighted by molar-refractivity contribution is 0.623.